The number of benzene rings is 3. The monoisotopic (exact) mass is 552 g/mol. The van der Waals surface area contributed by atoms with Gasteiger partial charge in [-0.2, -0.15) is 0 Å². The second-order valence-corrected chi connectivity index (χ2v) is 13.0. The van der Waals surface area contributed by atoms with Crippen LogP contribution in [0.3, 0.4) is 0 Å². The first-order chi connectivity index (χ1) is 18.5. The van der Waals surface area contributed by atoms with Gasteiger partial charge in [-0.05, 0) is 109 Å². The summed E-state index contributed by atoms with van der Waals surface area (Å²) < 4.78 is 49.9. The number of fused-ring (bicyclic) bond motifs is 1. The number of carbonyl (C=O) groups is 1. The molecule has 0 amide bonds. The minimum atomic E-state index is -3.02. The smallest absolute Gasteiger partial charge is 0.307 e. The van der Waals surface area contributed by atoms with E-state index in [0.717, 1.165) is 33.4 Å². The first-order valence-electron chi connectivity index (χ1n) is 13.2. The highest BCUT2D eigenvalue weighted by atomic mass is 32.2. The number of carboxylic acid groups (broad SMARTS) is 1. The maximum Gasteiger partial charge on any atom is 0.307 e. The SMILES string of the molecule is Cc1cc(OCCCS(C)(=O)=O)cc(C)c1-c1ccc(F)c2c1CCC2Oc1ccc(C2C[C@@H]2C(=O)O)cc1. The fourth-order valence-electron chi connectivity index (χ4n) is 5.76. The van der Waals surface area contributed by atoms with E-state index in [0.29, 0.717) is 49.4 Å². The average molecular weight is 553 g/mol. The molecule has 0 bridgehead atoms. The van der Waals surface area contributed by atoms with Crippen LogP contribution < -0.4 is 9.47 Å². The van der Waals surface area contributed by atoms with E-state index in [-0.39, 0.29) is 23.4 Å². The molecule has 3 aromatic carbocycles. The van der Waals surface area contributed by atoms with Crippen molar-refractivity contribution >= 4 is 15.8 Å². The Morgan fingerprint density at radius 2 is 1.74 bits per heavy atom. The second-order valence-electron chi connectivity index (χ2n) is 10.8. The minimum absolute atomic E-state index is 0.0551. The molecule has 0 aliphatic heterocycles. The molecule has 8 heteroatoms. The summed E-state index contributed by atoms with van der Waals surface area (Å²) in [5.41, 5.74) is 6.56. The molecule has 0 radical (unpaired) electrons. The predicted octanol–water partition coefficient (Wildman–Crippen LogP) is 6.18. The van der Waals surface area contributed by atoms with Gasteiger partial charge in [0.1, 0.15) is 33.3 Å². The molecule has 2 aliphatic carbocycles. The lowest BCUT2D eigenvalue weighted by Gasteiger charge is -2.19. The van der Waals surface area contributed by atoms with Crippen molar-refractivity contribution in [3.8, 4) is 22.6 Å². The van der Waals surface area contributed by atoms with Gasteiger partial charge in [0.2, 0.25) is 0 Å². The van der Waals surface area contributed by atoms with Gasteiger partial charge in [0.25, 0.3) is 0 Å². The van der Waals surface area contributed by atoms with Crippen molar-refractivity contribution < 1.29 is 32.2 Å². The number of aryl methyl sites for hydroxylation is 2. The van der Waals surface area contributed by atoms with Crippen LogP contribution in [-0.4, -0.2) is 38.1 Å². The van der Waals surface area contributed by atoms with Crippen molar-refractivity contribution in [2.45, 2.75) is 51.6 Å². The van der Waals surface area contributed by atoms with E-state index in [2.05, 4.69) is 0 Å². The molecule has 0 aromatic heterocycles. The third-order valence-corrected chi connectivity index (χ3v) is 8.71. The number of carboxylic acids is 1. The Labute approximate surface area is 228 Å². The van der Waals surface area contributed by atoms with E-state index in [1.54, 1.807) is 0 Å². The van der Waals surface area contributed by atoms with Crippen molar-refractivity contribution in [2.24, 2.45) is 5.92 Å². The second kappa shape index (κ2) is 10.6. The molecule has 1 saturated carbocycles. The lowest BCUT2D eigenvalue weighted by molar-refractivity contribution is -0.138. The van der Waals surface area contributed by atoms with Gasteiger partial charge in [-0.3, -0.25) is 4.79 Å². The minimum Gasteiger partial charge on any atom is -0.494 e. The number of sulfone groups is 1. The molecule has 5 rings (SSSR count). The Morgan fingerprint density at radius 3 is 2.36 bits per heavy atom. The third kappa shape index (κ3) is 5.96. The van der Waals surface area contributed by atoms with Crippen molar-refractivity contribution in [3.05, 3.63) is 82.2 Å². The van der Waals surface area contributed by atoms with Gasteiger partial charge in [-0.25, -0.2) is 12.8 Å². The van der Waals surface area contributed by atoms with E-state index in [1.165, 1.54) is 12.3 Å². The third-order valence-electron chi connectivity index (χ3n) is 7.68. The van der Waals surface area contributed by atoms with Crippen LogP contribution in [0.25, 0.3) is 11.1 Å². The van der Waals surface area contributed by atoms with Crippen LogP contribution in [0.1, 0.15) is 59.1 Å². The summed E-state index contributed by atoms with van der Waals surface area (Å²) in [6.07, 6.45) is 3.25. The standard InChI is InChI=1S/C31H33FO6S/c1-18-15-22(37-13-4-14-39(3,35)36)16-19(2)29(18)23-9-11-27(32)30-24(23)10-12-28(30)38-21-7-5-20(6-8-21)25-17-26(25)31(33)34/h5-9,11,15-16,25-26,28H,4,10,12-14,17H2,1-3H3,(H,33,34)/t25?,26-,28?/m0/s1. The molecule has 0 saturated heterocycles. The van der Waals surface area contributed by atoms with Gasteiger partial charge >= 0.3 is 5.97 Å². The van der Waals surface area contributed by atoms with Crippen LogP contribution in [0, 0.1) is 25.6 Å². The van der Waals surface area contributed by atoms with Gasteiger partial charge < -0.3 is 14.6 Å². The summed E-state index contributed by atoms with van der Waals surface area (Å²) in [7, 11) is -3.02. The fourth-order valence-corrected chi connectivity index (χ4v) is 6.40. The first-order valence-corrected chi connectivity index (χ1v) is 15.3. The zero-order chi connectivity index (χ0) is 27.9. The Bertz CT molecular complexity index is 1490. The molecule has 3 aromatic rings. The molecule has 1 fully saturated rings. The molecule has 0 spiro atoms. The summed E-state index contributed by atoms with van der Waals surface area (Å²) in [6, 6.07) is 14.7. The highest BCUT2D eigenvalue weighted by Gasteiger charge is 2.44. The van der Waals surface area contributed by atoms with Crippen molar-refractivity contribution in [1.29, 1.82) is 0 Å². The lowest BCUT2D eigenvalue weighted by Crippen LogP contribution is -2.08. The van der Waals surface area contributed by atoms with Gasteiger partial charge in [-0.1, -0.05) is 18.2 Å². The van der Waals surface area contributed by atoms with E-state index in [1.807, 2.05) is 56.3 Å². The highest BCUT2D eigenvalue weighted by molar-refractivity contribution is 7.90. The van der Waals surface area contributed by atoms with Gasteiger partial charge in [0.05, 0.1) is 18.3 Å². The molecule has 39 heavy (non-hydrogen) atoms. The zero-order valence-corrected chi connectivity index (χ0v) is 23.2. The number of hydrogen-bond donors (Lipinski definition) is 1. The Morgan fingerprint density at radius 1 is 1.05 bits per heavy atom. The van der Waals surface area contributed by atoms with E-state index in [4.69, 9.17) is 9.47 Å². The topological polar surface area (TPSA) is 89.9 Å². The zero-order valence-electron chi connectivity index (χ0n) is 22.4. The van der Waals surface area contributed by atoms with Crippen LogP contribution in [-0.2, 0) is 21.1 Å². The Hall–Kier alpha value is -3.39. The first kappa shape index (κ1) is 27.2. The summed E-state index contributed by atoms with van der Waals surface area (Å²) in [5, 5.41) is 9.18. The number of rotatable bonds is 10. The lowest BCUT2D eigenvalue weighted by atomic mass is 9.90. The summed E-state index contributed by atoms with van der Waals surface area (Å²) >= 11 is 0. The molecule has 3 atom stereocenters. The van der Waals surface area contributed by atoms with Crippen LogP contribution in [0.15, 0.2) is 48.5 Å². The summed E-state index contributed by atoms with van der Waals surface area (Å²) in [6.45, 7) is 4.32. The predicted molar refractivity (Wildman–Crippen MR) is 148 cm³/mol. The molecular weight excluding hydrogens is 519 g/mol. The highest BCUT2D eigenvalue weighted by Crippen LogP contribution is 2.48. The molecule has 0 heterocycles. The summed E-state index contributed by atoms with van der Waals surface area (Å²) in [4.78, 5) is 11.2. The van der Waals surface area contributed by atoms with Crippen LogP contribution >= 0.6 is 0 Å². The number of ether oxygens (including phenoxy) is 2. The van der Waals surface area contributed by atoms with Crippen LogP contribution in [0.4, 0.5) is 4.39 Å². The number of aliphatic carboxylic acids is 1. The van der Waals surface area contributed by atoms with Crippen molar-refractivity contribution in [3.63, 3.8) is 0 Å². The van der Waals surface area contributed by atoms with Crippen molar-refractivity contribution in [1.82, 2.24) is 0 Å². The molecular formula is C31H33FO6S. The molecule has 206 valence electrons. The normalized spacial score (nSPS) is 19.9. The van der Waals surface area contributed by atoms with Crippen LogP contribution in [0.2, 0.25) is 0 Å². The molecule has 6 nitrogen and oxygen atoms in total. The number of hydrogen-bond acceptors (Lipinski definition) is 5. The molecule has 2 unspecified atom stereocenters. The van der Waals surface area contributed by atoms with E-state index in [9.17, 15) is 18.3 Å². The van der Waals surface area contributed by atoms with Gasteiger partial charge in [0, 0.05) is 11.8 Å². The maximum atomic E-state index is 15.2. The largest absolute Gasteiger partial charge is 0.494 e. The van der Waals surface area contributed by atoms with E-state index >= 15 is 4.39 Å². The molecule has 1 N–H and O–H groups in total. The fraction of sp³-hybridized carbons (Fsp3) is 0.387. The van der Waals surface area contributed by atoms with Gasteiger partial charge in [-0.15, -0.1) is 0 Å². The molecule has 2 aliphatic rings. The number of halogens is 1. The Kier molecular flexibility index (Phi) is 7.42. The van der Waals surface area contributed by atoms with E-state index < -0.39 is 21.9 Å². The quantitative estimate of drug-likeness (QED) is 0.302. The van der Waals surface area contributed by atoms with Gasteiger partial charge in [0.15, 0.2) is 0 Å². The van der Waals surface area contributed by atoms with Crippen molar-refractivity contribution in [2.75, 3.05) is 18.6 Å². The van der Waals surface area contributed by atoms with Crippen LogP contribution in [0.5, 0.6) is 11.5 Å². The maximum absolute atomic E-state index is 15.2. The average Bonchev–Trinajstić information content (AvgIpc) is 3.57. The summed E-state index contributed by atoms with van der Waals surface area (Å²) in [5.74, 6) is 0.120. The Balaban J connectivity index is 1.33.